The molecule has 6 heteroatoms. The molecule has 0 aliphatic rings. The minimum absolute atomic E-state index is 0.174. The van der Waals surface area contributed by atoms with Crippen molar-refractivity contribution in [2.75, 3.05) is 24.7 Å². The summed E-state index contributed by atoms with van der Waals surface area (Å²) in [6.45, 7) is 2.52. The molecule has 0 amide bonds. The Hall–Kier alpha value is -1.01. The van der Waals surface area contributed by atoms with E-state index in [1.54, 1.807) is 25.0 Å². The Bertz CT molecular complexity index is 392. The van der Waals surface area contributed by atoms with E-state index in [2.05, 4.69) is 4.98 Å². The van der Waals surface area contributed by atoms with Gasteiger partial charge < -0.3 is 14.4 Å². The van der Waals surface area contributed by atoms with Crippen LogP contribution in [0.2, 0.25) is 0 Å². The summed E-state index contributed by atoms with van der Waals surface area (Å²) in [7, 11) is 1.66. The molecular formula is C10H16N2O3S. The molecule has 5 nitrogen and oxygen atoms in total. The molecule has 0 saturated heterocycles. The lowest BCUT2D eigenvalue weighted by molar-refractivity contribution is 0.319. The summed E-state index contributed by atoms with van der Waals surface area (Å²) in [4.78, 5) is 15.1. The first-order valence-electron chi connectivity index (χ1n) is 5.01. The minimum Gasteiger partial charge on any atom is -0.476 e. The van der Waals surface area contributed by atoms with Gasteiger partial charge in [-0.25, -0.2) is 4.79 Å². The summed E-state index contributed by atoms with van der Waals surface area (Å²) in [6, 6.07) is 0. The van der Waals surface area contributed by atoms with Crippen molar-refractivity contribution in [1.29, 1.82) is 0 Å². The van der Waals surface area contributed by atoms with Crippen molar-refractivity contribution >= 4 is 11.8 Å². The highest BCUT2D eigenvalue weighted by atomic mass is 32.2. The summed E-state index contributed by atoms with van der Waals surface area (Å²) in [5.74, 6) is 1.87. The van der Waals surface area contributed by atoms with Gasteiger partial charge >= 0.3 is 5.69 Å². The summed E-state index contributed by atoms with van der Waals surface area (Å²) in [5.41, 5.74) is 0.526. The smallest absolute Gasteiger partial charge is 0.350 e. The molecule has 1 N–H and O–H groups in total. The molecule has 16 heavy (non-hydrogen) atoms. The van der Waals surface area contributed by atoms with Gasteiger partial charge in [-0.05, 0) is 6.92 Å². The molecule has 0 saturated carbocycles. The van der Waals surface area contributed by atoms with Crippen LogP contribution >= 0.6 is 11.8 Å². The first-order chi connectivity index (χ1) is 7.65. The van der Waals surface area contributed by atoms with Crippen molar-refractivity contribution in [2.24, 2.45) is 7.05 Å². The fourth-order valence-electron chi connectivity index (χ4n) is 1.16. The molecule has 1 heterocycles. The van der Waals surface area contributed by atoms with Crippen LogP contribution in [0.4, 0.5) is 0 Å². The summed E-state index contributed by atoms with van der Waals surface area (Å²) >= 11 is 1.60. The van der Waals surface area contributed by atoms with Crippen molar-refractivity contribution < 1.29 is 9.84 Å². The summed E-state index contributed by atoms with van der Waals surface area (Å²) in [6.07, 6.45) is 1.70. The van der Waals surface area contributed by atoms with Gasteiger partial charge in [-0.1, -0.05) is 0 Å². The third-order valence-corrected chi connectivity index (χ3v) is 2.85. The van der Waals surface area contributed by atoms with Crippen LogP contribution in [0.3, 0.4) is 0 Å². The molecule has 0 radical (unpaired) electrons. The van der Waals surface area contributed by atoms with E-state index in [1.807, 2.05) is 6.92 Å². The van der Waals surface area contributed by atoms with Crippen molar-refractivity contribution in [3.05, 3.63) is 22.2 Å². The second kappa shape index (κ2) is 6.55. The van der Waals surface area contributed by atoms with Crippen LogP contribution in [0.1, 0.15) is 5.56 Å². The maximum atomic E-state index is 11.3. The number of hydrogen-bond donors (Lipinski definition) is 1. The zero-order chi connectivity index (χ0) is 12.0. The van der Waals surface area contributed by atoms with Crippen LogP contribution in [-0.2, 0) is 7.05 Å². The molecule has 0 aliphatic carbocycles. The Balaban J connectivity index is 2.48. The quantitative estimate of drug-likeness (QED) is 0.724. The number of rotatable bonds is 6. The largest absolute Gasteiger partial charge is 0.476 e. The fourth-order valence-corrected chi connectivity index (χ4v) is 1.70. The number of aryl methyl sites for hydroxylation is 2. The first-order valence-corrected chi connectivity index (χ1v) is 6.16. The van der Waals surface area contributed by atoms with Crippen LogP contribution in [-0.4, -0.2) is 39.4 Å². The van der Waals surface area contributed by atoms with Gasteiger partial charge in [0, 0.05) is 30.3 Å². The number of ether oxygens (including phenoxy) is 1. The Morgan fingerprint density at radius 1 is 1.56 bits per heavy atom. The second-order valence-corrected chi connectivity index (χ2v) is 4.53. The number of aliphatic hydroxyl groups is 1. The van der Waals surface area contributed by atoms with E-state index in [1.165, 1.54) is 4.57 Å². The van der Waals surface area contributed by atoms with Crippen LogP contribution in [0.25, 0.3) is 0 Å². The van der Waals surface area contributed by atoms with Gasteiger partial charge in [0.25, 0.3) is 0 Å². The highest BCUT2D eigenvalue weighted by Crippen LogP contribution is 2.10. The van der Waals surface area contributed by atoms with Gasteiger partial charge in [-0.3, -0.25) is 0 Å². The Labute approximate surface area is 98.5 Å². The molecule has 1 aromatic rings. The number of aliphatic hydroxyl groups excluding tert-OH is 1. The lowest BCUT2D eigenvalue weighted by atomic mass is 10.4. The van der Waals surface area contributed by atoms with Crippen molar-refractivity contribution in [3.63, 3.8) is 0 Å². The average molecular weight is 244 g/mol. The van der Waals surface area contributed by atoms with Crippen LogP contribution in [0.5, 0.6) is 5.88 Å². The van der Waals surface area contributed by atoms with E-state index in [4.69, 9.17) is 9.84 Å². The van der Waals surface area contributed by atoms with Gasteiger partial charge in [-0.2, -0.15) is 16.7 Å². The normalized spacial score (nSPS) is 10.4. The Morgan fingerprint density at radius 3 is 3.00 bits per heavy atom. The molecule has 0 bridgehead atoms. The van der Waals surface area contributed by atoms with Crippen LogP contribution < -0.4 is 10.4 Å². The number of thioether (sulfide) groups is 1. The number of hydrogen-bond acceptors (Lipinski definition) is 5. The van der Waals surface area contributed by atoms with Crippen LogP contribution in [0.15, 0.2) is 11.0 Å². The maximum Gasteiger partial charge on any atom is 0.350 e. The van der Waals surface area contributed by atoms with Gasteiger partial charge in [0.05, 0.1) is 13.2 Å². The molecular weight excluding hydrogens is 228 g/mol. The third kappa shape index (κ3) is 3.86. The zero-order valence-electron chi connectivity index (χ0n) is 9.47. The molecule has 90 valence electrons. The molecule has 0 spiro atoms. The minimum atomic E-state index is -0.316. The van der Waals surface area contributed by atoms with Gasteiger partial charge in [-0.15, -0.1) is 0 Å². The van der Waals surface area contributed by atoms with Crippen molar-refractivity contribution in [1.82, 2.24) is 9.55 Å². The fraction of sp³-hybridized carbons (Fsp3) is 0.600. The first kappa shape index (κ1) is 13.1. The van der Waals surface area contributed by atoms with Crippen molar-refractivity contribution in [2.45, 2.75) is 6.92 Å². The van der Waals surface area contributed by atoms with E-state index in [0.29, 0.717) is 18.2 Å². The summed E-state index contributed by atoms with van der Waals surface area (Å²) < 4.78 is 6.81. The Morgan fingerprint density at radius 2 is 2.31 bits per heavy atom. The summed E-state index contributed by atoms with van der Waals surface area (Å²) in [5, 5.41) is 8.58. The SMILES string of the molecule is Cc1cn(C)c(=O)nc1OCCSCCO. The molecule has 0 aliphatic heterocycles. The molecule has 1 rings (SSSR count). The molecule has 1 aromatic heterocycles. The van der Waals surface area contributed by atoms with Crippen molar-refractivity contribution in [3.8, 4) is 5.88 Å². The van der Waals surface area contributed by atoms with Crippen LogP contribution in [0, 0.1) is 6.92 Å². The lowest BCUT2D eigenvalue weighted by Crippen LogP contribution is -2.21. The highest BCUT2D eigenvalue weighted by molar-refractivity contribution is 7.99. The van der Waals surface area contributed by atoms with Gasteiger partial charge in [0.1, 0.15) is 0 Å². The van der Waals surface area contributed by atoms with E-state index >= 15 is 0 Å². The number of nitrogens with zero attached hydrogens (tertiary/aromatic N) is 2. The lowest BCUT2D eigenvalue weighted by Gasteiger charge is -2.08. The molecule has 0 atom stereocenters. The molecule has 0 fully saturated rings. The molecule has 0 aromatic carbocycles. The third-order valence-electron chi connectivity index (χ3n) is 1.93. The monoisotopic (exact) mass is 244 g/mol. The topological polar surface area (TPSA) is 64.4 Å². The predicted molar refractivity (Wildman–Crippen MR) is 64.1 cm³/mol. The van der Waals surface area contributed by atoms with Gasteiger partial charge in [0.2, 0.25) is 5.88 Å². The van der Waals surface area contributed by atoms with Gasteiger partial charge in [0.15, 0.2) is 0 Å². The van der Waals surface area contributed by atoms with E-state index in [9.17, 15) is 4.79 Å². The maximum absolute atomic E-state index is 11.3. The average Bonchev–Trinajstić information content (AvgIpc) is 2.25. The predicted octanol–water partition coefficient (Wildman–Crippen LogP) is 0.193. The van der Waals surface area contributed by atoms with E-state index in [-0.39, 0.29) is 12.3 Å². The number of aromatic nitrogens is 2. The zero-order valence-corrected chi connectivity index (χ0v) is 10.3. The van der Waals surface area contributed by atoms with E-state index in [0.717, 1.165) is 11.3 Å². The Kier molecular flexibility index (Phi) is 5.34. The molecule has 0 unspecified atom stereocenters. The second-order valence-electron chi connectivity index (χ2n) is 3.31. The standard InChI is InChI=1S/C10H16N2O3S/c1-8-7-12(2)10(14)11-9(8)15-4-6-16-5-3-13/h7,13H,3-6H2,1-2H3. The van der Waals surface area contributed by atoms with E-state index < -0.39 is 0 Å². The highest BCUT2D eigenvalue weighted by Gasteiger charge is 2.03.